The zero-order valence-electron chi connectivity index (χ0n) is 21.1. The van der Waals surface area contributed by atoms with Gasteiger partial charge in [-0.15, -0.1) is 0 Å². The average molecular weight is 500 g/mol. The summed E-state index contributed by atoms with van der Waals surface area (Å²) >= 11 is 6.38. The van der Waals surface area contributed by atoms with Crippen molar-refractivity contribution in [2.75, 3.05) is 13.2 Å². The van der Waals surface area contributed by atoms with Gasteiger partial charge in [0.25, 0.3) is 0 Å². The Labute approximate surface area is 211 Å². The maximum absolute atomic E-state index is 13.6. The van der Waals surface area contributed by atoms with E-state index in [9.17, 15) is 14.9 Å². The van der Waals surface area contributed by atoms with Crippen molar-refractivity contribution in [3.05, 3.63) is 29.2 Å². The van der Waals surface area contributed by atoms with Crippen LogP contribution in [0.5, 0.6) is 0 Å². The molecular formula is C26H34ClN5O3. The van der Waals surface area contributed by atoms with Gasteiger partial charge in [0.05, 0.1) is 35.2 Å². The van der Waals surface area contributed by atoms with Crippen molar-refractivity contribution in [1.29, 1.82) is 5.26 Å². The molecule has 2 aromatic heterocycles. The number of hydrogen-bond acceptors (Lipinski definition) is 5. The van der Waals surface area contributed by atoms with Crippen LogP contribution in [-0.4, -0.2) is 51.1 Å². The molecule has 0 spiro atoms. The van der Waals surface area contributed by atoms with Gasteiger partial charge in [0.2, 0.25) is 11.8 Å². The summed E-state index contributed by atoms with van der Waals surface area (Å²) in [6, 6.07) is 0.613. The Morgan fingerprint density at radius 3 is 2.69 bits per heavy atom. The predicted molar refractivity (Wildman–Crippen MR) is 134 cm³/mol. The molecule has 2 amide bonds. The SMILES string of the molecule is CCn1cc(Cl)c2cncc(C(C#N)NC(=O)[C@@H]3C(C)C(C)(C)CN3C(=O)CCOC3(C)CC3)c21. The van der Waals surface area contributed by atoms with Crippen LogP contribution < -0.4 is 5.32 Å². The Hall–Kier alpha value is -2.63. The number of aromatic nitrogens is 2. The molecule has 2 aromatic rings. The monoisotopic (exact) mass is 499 g/mol. The topological polar surface area (TPSA) is 100 Å². The van der Waals surface area contributed by atoms with Crippen molar-refractivity contribution in [2.45, 2.75) is 78.1 Å². The molecular weight excluding hydrogens is 466 g/mol. The molecule has 1 saturated heterocycles. The van der Waals surface area contributed by atoms with Gasteiger partial charge in [0.15, 0.2) is 0 Å². The van der Waals surface area contributed by atoms with Crippen molar-refractivity contribution in [3.8, 4) is 6.07 Å². The highest BCUT2D eigenvalue weighted by Crippen LogP contribution is 2.41. The van der Waals surface area contributed by atoms with Gasteiger partial charge < -0.3 is 19.5 Å². The molecule has 35 heavy (non-hydrogen) atoms. The Morgan fingerprint density at radius 1 is 1.34 bits per heavy atom. The lowest BCUT2D eigenvalue weighted by Crippen LogP contribution is -2.49. The lowest BCUT2D eigenvalue weighted by atomic mass is 9.80. The standard InChI is InChI=1S/C26H34ClN5O3/c1-6-31-14-19(27)17-12-29-13-18(23(17)31)20(11-28)30-24(34)22-16(2)25(3,4)15-32(22)21(33)7-10-35-26(5)8-9-26/h12-14,16,20,22H,6-10,15H2,1-5H3,(H,30,34)/t16?,20?,22-/m0/s1. The highest BCUT2D eigenvalue weighted by Gasteiger charge is 2.50. The van der Waals surface area contributed by atoms with E-state index < -0.39 is 12.1 Å². The molecule has 1 saturated carbocycles. The summed E-state index contributed by atoms with van der Waals surface area (Å²) in [6.07, 6.45) is 7.33. The fraction of sp³-hybridized carbons (Fsp3) is 0.615. The number of nitrogens with one attached hydrogen (secondary N) is 1. The number of ether oxygens (including phenoxy) is 1. The van der Waals surface area contributed by atoms with Crippen LogP contribution in [0.3, 0.4) is 0 Å². The minimum atomic E-state index is -0.930. The van der Waals surface area contributed by atoms with Crippen LogP contribution in [0.25, 0.3) is 10.9 Å². The van der Waals surface area contributed by atoms with Crippen LogP contribution in [0.2, 0.25) is 5.02 Å². The summed E-state index contributed by atoms with van der Waals surface area (Å²) in [6.45, 7) is 11.6. The zero-order valence-corrected chi connectivity index (χ0v) is 21.9. The second kappa shape index (κ2) is 9.44. The van der Waals surface area contributed by atoms with Crippen molar-refractivity contribution >= 4 is 34.3 Å². The van der Waals surface area contributed by atoms with E-state index in [2.05, 4.69) is 30.2 Å². The number of nitrogens with zero attached hydrogens (tertiary/aromatic N) is 4. The molecule has 1 aliphatic carbocycles. The number of pyridine rings is 1. The fourth-order valence-electron chi connectivity index (χ4n) is 4.94. The molecule has 2 fully saturated rings. The summed E-state index contributed by atoms with van der Waals surface area (Å²) in [5, 5.41) is 14.2. The van der Waals surface area contributed by atoms with E-state index in [-0.39, 0.29) is 35.2 Å². The highest BCUT2D eigenvalue weighted by atomic mass is 35.5. The molecule has 3 heterocycles. The van der Waals surface area contributed by atoms with Gasteiger partial charge in [-0.25, -0.2) is 0 Å². The lowest BCUT2D eigenvalue weighted by Gasteiger charge is -2.28. The molecule has 188 valence electrons. The molecule has 2 unspecified atom stereocenters. The second-order valence-corrected chi connectivity index (χ2v) is 11.2. The molecule has 0 radical (unpaired) electrons. The van der Waals surface area contributed by atoms with Gasteiger partial charge >= 0.3 is 0 Å². The molecule has 0 aromatic carbocycles. The maximum Gasteiger partial charge on any atom is 0.244 e. The van der Waals surface area contributed by atoms with Gasteiger partial charge in [-0.2, -0.15) is 5.26 Å². The third kappa shape index (κ3) is 4.89. The maximum atomic E-state index is 13.6. The number of halogens is 1. The van der Waals surface area contributed by atoms with Gasteiger partial charge in [0.1, 0.15) is 12.1 Å². The first-order valence-corrected chi connectivity index (χ1v) is 12.6. The highest BCUT2D eigenvalue weighted by molar-refractivity contribution is 6.35. The first-order valence-electron chi connectivity index (χ1n) is 12.3. The van der Waals surface area contributed by atoms with E-state index in [1.807, 2.05) is 25.3 Å². The number of hydrogen-bond donors (Lipinski definition) is 1. The van der Waals surface area contributed by atoms with Gasteiger partial charge in [0, 0.05) is 42.6 Å². The third-order valence-corrected chi connectivity index (χ3v) is 8.06. The van der Waals surface area contributed by atoms with Crippen molar-refractivity contribution in [1.82, 2.24) is 19.8 Å². The van der Waals surface area contributed by atoms with Crippen LogP contribution in [-0.2, 0) is 20.9 Å². The summed E-state index contributed by atoms with van der Waals surface area (Å²) in [7, 11) is 0. The second-order valence-electron chi connectivity index (χ2n) is 10.8. The summed E-state index contributed by atoms with van der Waals surface area (Å²) in [5.74, 6) is -0.526. The summed E-state index contributed by atoms with van der Waals surface area (Å²) < 4.78 is 7.79. The number of carbonyl (C=O) groups is 2. The molecule has 1 N–H and O–H groups in total. The van der Waals surface area contributed by atoms with Crippen LogP contribution in [0.4, 0.5) is 0 Å². The Morgan fingerprint density at radius 2 is 2.06 bits per heavy atom. The van der Waals surface area contributed by atoms with Crippen LogP contribution in [0.1, 0.15) is 65.5 Å². The average Bonchev–Trinajstić information content (AvgIpc) is 3.38. The number of fused-ring (bicyclic) bond motifs is 1. The molecule has 3 atom stereocenters. The van der Waals surface area contributed by atoms with Crippen molar-refractivity contribution in [2.24, 2.45) is 11.3 Å². The van der Waals surface area contributed by atoms with Crippen molar-refractivity contribution < 1.29 is 14.3 Å². The Balaban J connectivity index is 1.56. The molecule has 2 aliphatic rings. The first-order chi connectivity index (χ1) is 16.5. The Bertz CT molecular complexity index is 1180. The molecule has 0 bridgehead atoms. The fourth-order valence-corrected chi connectivity index (χ4v) is 5.20. The van der Waals surface area contributed by atoms with Gasteiger partial charge in [-0.3, -0.25) is 14.6 Å². The lowest BCUT2D eigenvalue weighted by molar-refractivity contribution is -0.140. The molecule has 4 rings (SSSR count). The third-order valence-electron chi connectivity index (χ3n) is 7.76. The van der Waals surface area contributed by atoms with E-state index in [1.54, 1.807) is 23.5 Å². The van der Waals surface area contributed by atoms with Gasteiger partial charge in [-0.05, 0) is 38.0 Å². The molecule has 1 aliphatic heterocycles. The van der Waals surface area contributed by atoms with E-state index in [0.29, 0.717) is 30.3 Å². The first kappa shape index (κ1) is 25.5. The van der Waals surface area contributed by atoms with Crippen LogP contribution >= 0.6 is 11.6 Å². The zero-order chi connectivity index (χ0) is 25.5. The Kier molecular flexibility index (Phi) is 6.87. The number of carbonyl (C=O) groups excluding carboxylic acids is 2. The quantitative estimate of drug-likeness (QED) is 0.586. The van der Waals surface area contributed by atoms with E-state index in [1.165, 1.54) is 0 Å². The molecule has 9 heteroatoms. The smallest absolute Gasteiger partial charge is 0.244 e. The largest absolute Gasteiger partial charge is 0.375 e. The minimum absolute atomic E-state index is 0.0875. The number of nitriles is 1. The number of aryl methyl sites for hydroxylation is 1. The van der Waals surface area contributed by atoms with E-state index in [4.69, 9.17) is 16.3 Å². The molecule has 8 nitrogen and oxygen atoms in total. The number of likely N-dealkylation sites (tertiary alicyclic amines) is 1. The van der Waals surface area contributed by atoms with E-state index >= 15 is 0 Å². The normalized spacial score (nSPS) is 23.2. The van der Waals surface area contributed by atoms with Crippen LogP contribution in [0, 0.1) is 22.7 Å². The number of rotatable bonds is 8. The van der Waals surface area contributed by atoms with E-state index in [0.717, 1.165) is 23.7 Å². The van der Waals surface area contributed by atoms with Gasteiger partial charge in [-0.1, -0.05) is 32.4 Å². The summed E-state index contributed by atoms with van der Waals surface area (Å²) in [5.41, 5.74) is 1.02. The predicted octanol–water partition coefficient (Wildman–Crippen LogP) is 4.22. The van der Waals surface area contributed by atoms with Crippen LogP contribution in [0.15, 0.2) is 18.6 Å². The van der Waals surface area contributed by atoms with Crippen molar-refractivity contribution in [3.63, 3.8) is 0 Å². The summed E-state index contributed by atoms with van der Waals surface area (Å²) in [4.78, 5) is 32.7. The minimum Gasteiger partial charge on any atom is -0.375 e. The number of amides is 2.